The van der Waals surface area contributed by atoms with E-state index in [1.807, 2.05) is 0 Å². The van der Waals surface area contributed by atoms with Crippen LogP contribution in [0, 0.1) is 0 Å². The third-order valence-electron chi connectivity index (χ3n) is 0.530. The van der Waals surface area contributed by atoms with Gasteiger partial charge in [-0.25, -0.2) is 0 Å². The third kappa shape index (κ3) is 30.1. The normalized spacial score (nSPS) is 8.07. The van der Waals surface area contributed by atoms with Crippen molar-refractivity contribution in [2.24, 2.45) is 5.73 Å². The summed E-state index contributed by atoms with van der Waals surface area (Å²) < 4.78 is 0. The molecule has 0 aromatic carbocycles. The largest absolute Gasteiger partial charge is 2.00 e. The van der Waals surface area contributed by atoms with E-state index in [1.54, 1.807) is 0 Å². The summed E-state index contributed by atoms with van der Waals surface area (Å²) in [5.74, 6) is -4.06. The van der Waals surface area contributed by atoms with Crippen molar-refractivity contribution in [2.45, 2.75) is 0 Å². The van der Waals surface area contributed by atoms with E-state index in [0.29, 0.717) is 12.2 Å². The molecule has 0 aliphatic heterocycles. The van der Waals surface area contributed by atoms with E-state index < -0.39 is 17.9 Å². The van der Waals surface area contributed by atoms with Crippen LogP contribution in [0.4, 0.5) is 0 Å². The smallest absolute Gasteiger partial charge is 0.545 e. The molecule has 7 nitrogen and oxygen atoms in total. The molecule has 0 fully saturated rings. The van der Waals surface area contributed by atoms with Crippen LogP contribution in [-0.2, 0) is 14.4 Å². The Kier molecular flexibility index (Phi) is 16.8. The summed E-state index contributed by atoms with van der Waals surface area (Å²) in [4.78, 5) is 28.1. The maximum atomic E-state index is 9.41. The average Bonchev–Trinajstić information content (AvgIpc) is 2.02. The molecule has 0 aliphatic carbocycles. The molecule has 0 unspecified atom stereocenters. The minimum Gasteiger partial charge on any atom is -0.545 e. The fourth-order valence-corrected chi connectivity index (χ4v) is 0.136. The molecule has 0 saturated carbocycles. The first-order chi connectivity index (χ1) is 5.90. The zero-order valence-corrected chi connectivity index (χ0v) is 9.34. The number of nitrogens with two attached hydrogens (primary N) is 1. The second-order valence-corrected chi connectivity index (χ2v) is 1.57. The van der Waals surface area contributed by atoms with E-state index in [0.717, 1.165) is 0 Å². The summed E-state index contributed by atoms with van der Waals surface area (Å²) in [6, 6.07) is 0. The van der Waals surface area contributed by atoms with Crippen LogP contribution in [-0.4, -0.2) is 67.3 Å². The maximum Gasteiger partial charge on any atom is 2.00 e. The standard InChI is InChI=1S/C4H4O4.C2H5NO2.Ca/c5-3(6)1-2-4(7)8;3-1-2(4)5;/h1-2H,(H,5,6)(H,7,8);1,3H2,(H,4,5);/q;;+2/p-2/b2-1+;;. The molecule has 0 aliphatic rings. The van der Waals surface area contributed by atoms with Crippen LogP contribution in [0.15, 0.2) is 12.2 Å². The fourth-order valence-electron chi connectivity index (χ4n) is 0.136. The molecule has 0 heterocycles. The van der Waals surface area contributed by atoms with Gasteiger partial charge in [0.05, 0.1) is 18.5 Å². The summed E-state index contributed by atoms with van der Waals surface area (Å²) in [5, 5.41) is 26.4. The van der Waals surface area contributed by atoms with Gasteiger partial charge in [-0.15, -0.1) is 0 Å². The molecule has 3 N–H and O–H groups in total. The minimum atomic E-state index is -1.55. The van der Waals surface area contributed by atoms with Crippen LogP contribution in [0.1, 0.15) is 0 Å². The van der Waals surface area contributed by atoms with Crippen LogP contribution in [0.2, 0.25) is 0 Å². The van der Waals surface area contributed by atoms with E-state index in [9.17, 15) is 24.6 Å². The minimum absolute atomic E-state index is 0. The zero-order valence-electron chi connectivity index (χ0n) is 7.13. The molecule has 74 valence electrons. The van der Waals surface area contributed by atoms with Crippen LogP contribution in [0.5, 0.6) is 0 Å². The predicted octanol–water partition coefficient (Wildman–Crippen LogP) is -4.31. The first-order valence-electron chi connectivity index (χ1n) is 2.92. The number of hydrogen-bond acceptors (Lipinski definition) is 6. The molecular weight excluding hydrogens is 222 g/mol. The monoisotopic (exact) mass is 229 g/mol. The van der Waals surface area contributed by atoms with Crippen LogP contribution >= 0.6 is 0 Å². The van der Waals surface area contributed by atoms with Crippen molar-refractivity contribution in [1.82, 2.24) is 0 Å². The third-order valence-corrected chi connectivity index (χ3v) is 0.530. The first kappa shape index (κ1) is 19.0. The Morgan fingerprint density at radius 3 is 1.43 bits per heavy atom. The molecule has 0 aromatic rings. The Bertz CT molecular complexity index is 210. The van der Waals surface area contributed by atoms with Gasteiger partial charge in [-0.1, -0.05) is 0 Å². The Labute approximate surface area is 109 Å². The average molecular weight is 229 g/mol. The van der Waals surface area contributed by atoms with Gasteiger partial charge in [-0.05, 0) is 12.2 Å². The molecule has 0 radical (unpaired) electrons. The van der Waals surface area contributed by atoms with Crippen molar-refractivity contribution < 1.29 is 29.7 Å². The van der Waals surface area contributed by atoms with Gasteiger partial charge in [0.1, 0.15) is 0 Å². The predicted molar refractivity (Wildman–Crippen MR) is 41.6 cm³/mol. The molecule has 8 heteroatoms. The summed E-state index contributed by atoms with van der Waals surface area (Å²) in [6.07, 6.45) is 0.769. The fraction of sp³-hybridized carbons (Fsp3) is 0.167. The van der Waals surface area contributed by atoms with E-state index in [2.05, 4.69) is 5.73 Å². The number of hydrogen-bond donors (Lipinski definition) is 2. The van der Waals surface area contributed by atoms with E-state index in [4.69, 9.17) is 5.11 Å². The molecule has 14 heavy (non-hydrogen) atoms. The van der Waals surface area contributed by atoms with E-state index in [1.165, 1.54) is 0 Å². The topological polar surface area (TPSA) is 144 Å². The van der Waals surface area contributed by atoms with Crippen molar-refractivity contribution in [3.63, 3.8) is 0 Å². The molecule has 0 atom stereocenters. The van der Waals surface area contributed by atoms with Gasteiger partial charge in [-0.3, -0.25) is 4.79 Å². The SMILES string of the molecule is NCC(=O)O.O=C([O-])/C=C/C(=O)[O-].[Ca+2]. The van der Waals surface area contributed by atoms with Gasteiger partial charge in [0.25, 0.3) is 0 Å². The van der Waals surface area contributed by atoms with Gasteiger partial charge in [0.2, 0.25) is 0 Å². The molecule has 0 amide bonds. The van der Waals surface area contributed by atoms with Gasteiger partial charge < -0.3 is 30.6 Å². The maximum absolute atomic E-state index is 9.41. The van der Waals surface area contributed by atoms with Crippen molar-refractivity contribution in [3.05, 3.63) is 12.2 Å². The molecule has 0 bridgehead atoms. The summed E-state index contributed by atoms with van der Waals surface area (Å²) in [7, 11) is 0. The Balaban J connectivity index is -0.000000177. The van der Waals surface area contributed by atoms with Crippen molar-refractivity contribution in [2.75, 3.05) is 6.54 Å². The van der Waals surface area contributed by atoms with Crippen molar-refractivity contribution >= 4 is 55.6 Å². The van der Waals surface area contributed by atoms with Crippen LogP contribution in [0.3, 0.4) is 0 Å². The number of carbonyl (C=O) groups excluding carboxylic acids is 2. The number of carbonyl (C=O) groups is 3. The van der Waals surface area contributed by atoms with Crippen molar-refractivity contribution in [1.29, 1.82) is 0 Å². The van der Waals surface area contributed by atoms with Crippen LogP contribution < -0.4 is 15.9 Å². The van der Waals surface area contributed by atoms with Gasteiger partial charge in [0.15, 0.2) is 0 Å². The molecule has 0 saturated heterocycles. The quantitative estimate of drug-likeness (QED) is 0.368. The van der Waals surface area contributed by atoms with E-state index >= 15 is 0 Å². The number of carboxylic acids is 3. The second kappa shape index (κ2) is 12.4. The van der Waals surface area contributed by atoms with Crippen LogP contribution in [0.25, 0.3) is 0 Å². The Morgan fingerprint density at radius 1 is 1.14 bits per heavy atom. The van der Waals surface area contributed by atoms with Gasteiger partial charge >= 0.3 is 43.7 Å². The number of aliphatic carboxylic acids is 3. The van der Waals surface area contributed by atoms with Gasteiger partial charge in [-0.2, -0.15) is 0 Å². The number of rotatable bonds is 3. The molecule has 0 rings (SSSR count). The first-order valence-corrected chi connectivity index (χ1v) is 2.92. The number of carboxylic acid groups (broad SMARTS) is 3. The zero-order chi connectivity index (χ0) is 10.9. The Morgan fingerprint density at radius 2 is 1.36 bits per heavy atom. The van der Waals surface area contributed by atoms with E-state index in [-0.39, 0.29) is 44.3 Å². The second-order valence-electron chi connectivity index (χ2n) is 1.57. The summed E-state index contributed by atoms with van der Waals surface area (Å²) >= 11 is 0. The molecule has 0 spiro atoms. The Hall–Kier alpha value is -0.630. The van der Waals surface area contributed by atoms with Crippen molar-refractivity contribution in [3.8, 4) is 0 Å². The summed E-state index contributed by atoms with van der Waals surface area (Å²) in [6.45, 7) is -0.278. The molecule has 0 aromatic heterocycles. The molecular formula is C6H7CaNO6. The van der Waals surface area contributed by atoms with Gasteiger partial charge in [0, 0.05) is 0 Å². The summed E-state index contributed by atoms with van der Waals surface area (Å²) in [5.41, 5.74) is 4.57.